The molecule has 0 aromatic heterocycles. The summed E-state index contributed by atoms with van der Waals surface area (Å²) in [6.45, 7) is 0.643. The molecule has 0 bridgehead atoms. The van der Waals surface area contributed by atoms with Gasteiger partial charge in [-0.3, -0.25) is 14.5 Å². The van der Waals surface area contributed by atoms with Crippen molar-refractivity contribution in [2.24, 2.45) is 4.99 Å². The zero-order chi connectivity index (χ0) is 17.9. The predicted octanol–water partition coefficient (Wildman–Crippen LogP) is 3.01. The number of carbonyl (C=O) groups excluding carboxylic acids is 1. The molecule has 1 aliphatic heterocycles. The number of sulfonamides is 1. The largest absolute Gasteiger partial charge is 0.322 e. The minimum absolute atomic E-state index is 0.0858. The summed E-state index contributed by atoms with van der Waals surface area (Å²) in [5, 5.41) is 2.74. The van der Waals surface area contributed by atoms with Crippen LogP contribution in [0, 0.1) is 3.57 Å². The monoisotopic (exact) mass is 469 g/mol. The number of amides is 1. The second kappa shape index (κ2) is 7.52. The summed E-state index contributed by atoms with van der Waals surface area (Å²) < 4.78 is 28.2. The number of hydrogen-bond acceptors (Lipinski definition) is 4. The molecular formula is C17H16IN3O3S. The molecule has 0 aliphatic carbocycles. The summed E-state index contributed by atoms with van der Waals surface area (Å²) >= 11 is 2.09. The first-order valence-corrected chi connectivity index (χ1v) is 10.2. The van der Waals surface area contributed by atoms with Gasteiger partial charge in [-0.25, -0.2) is 8.42 Å². The number of nitrogens with zero attached hydrogens (tertiary/aromatic N) is 1. The van der Waals surface area contributed by atoms with Crippen molar-refractivity contribution in [3.05, 3.63) is 57.7 Å². The molecule has 25 heavy (non-hydrogen) atoms. The number of aliphatic imine (C=N–C) groups is 1. The smallest absolute Gasteiger partial charge is 0.262 e. The molecule has 3 rings (SSSR count). The van der Waals surface area contributed by atoms with Crippen molar-refractivity contribution >= 4 is 50.0 Å². The minimum atomic E-state index is -3.71. The lowest BCUT2D eigenvalue weighted by Crippen LogP contribution is -2.29. The van der Waals surface area contributed by atoms with Crippen LogP contribution in [0.5, 0.6) is 0 Å². The third kappa shape index (κ3) is 4.37. The van der Waals surface area contributed by atoms with E-state index in [1.54, 1.807) is 24.3 Å². The van der Waals surface area contributed by atoms with Gasteiger partial charge in [0.05, 0.1) is 10.5 Å². The summed E-state index contributed by atoms with van der Waals surface area (Å²) in [4.78, 5) is 16.6. The number of amidine groups is 1. The molecular weight excluding hydrogens is 453 g/mol. The molecule has 6 nitrogen and oxygen atoms in total. The van der Waals surface area contributed by atoms with Gasteiger partial charge in [-0.15, -0.1) is 0 Å². The van der Waals surface area contributed by atoms with Crippen LogP contribution < -0.4 is 10.0 Å². The Bertz CT molecular complexity index is 942. The van der Waals surface area contributed by atoms with Crippen molar-refractivity contribution in [2.75, 3.05) is 11.9 Å². The van der Waals surface area contributed by atoms with Gasteiger partial charge in [0.15, 0.2) is 0 Å². The van der Waals surface area contributed by atoms with Crippen LogP contribution in [0.25, 0.3) is 0 Å². The minimum Gasteiger partial charge on any atom is -0.322 e. The van der Waals surface area contributed by atoms with E-state index in [1.807, 2.05) is 12.1 Å². The van der Waals surface area contributed by atoms with Gasteiger partial charge in [-0.1, -0.05) is 18.2 Å². The lowest BCUT2D eigenvalue weighted by atomic mass is 10.2. The maximum absolute atomic E-state index is 12.4. The van der Waals surface area contributed by atoms with Crippen molar-refractivity contribution in [3.8, 4) is 0 Å². The second-order valence-corrected chi connectivity index (χ2v) is 8.34. The van der Waals surface area contributed by atoms with Gasteiger partial charge in [-0.2, -0.15) is 0 Å². The Balaban J connectivity index is 1.79. The van der Waals surface area contributed by atoms with Gasteiger partial charge in [0, 0.05) is 22.2 Å². The number of anilines is 1. The molecule has 0 saturated heterocycles. The number of nitrogens with one attached hydrogen (secondary N) is 2. The van der Waals surface area contributed by atoms with Gasteiger partial charge in [0.2, 0.25) is 0 Å². The van der Waals surface area contributed by atoms with Crippen LogP contribution in [0.2, 0.25) is 0 Å². The van der Waals surface area contributed by atoms with Crippen LogP contribution >= 0.6 is 22.6 Å². The van der Waals surface area contributed by atoms with Crippen molar-refractivity contribution in [2.45, 2.75) is 17.7 Å². The molecule has 1 aliphatic rings. The highest BCUT2D eigenvalue weighted by molar-refractivity contribution is 14.1. The van der Waals surface area contributed by atoms with Crippen LogP contribution in [-0.2, 0) is 10.0 Å². The lowest BCUT2D eigenvalue weighted by molar-refractivity contribution is 0.102. The fraction of sp³-hybridized carbons (Fsp3) is 0.176. The SMILES string of the molecule is O=C(Nc1cccc(S(=O)(=O)NC2=NCCC2)c1)c1ccccc1I. The first kappa shape index (κ1) is 17.9. The van der Waals surface area contributed by atoms with E-state index >= 15 is 0 Å². The molecule has 2 N–H and O–H groups in total. The summed E-state index contributed by atoms with van der Waals surface area (Å²) in [5.74, 6) is 0.195. The van der Waals surface area contributed by atoms with Crippen LogP contribution in [-0.4, -0.2) is 26.7 Å². The number of benzene rings is 2. The molecule has 2 aromatic rings. The van der Waals surface area contributed by atoms with E-state index in [0.717, 1.165) is 9.99 Å². The lowest BCUT2D eigenvalue weighted by Gasteiger charge is -2.10. The Morgan fingerprint density at radius 1 is 1.12 bits per heavy atom. The normalized spacial score (nSPS) is 14.0. The van der Waals surface area contributed by atoms with E-state index in [1.165, 1.54) is 12.1 Å². The molecule has 0 atom stereocenters. The summed E-state index contributed by atoms with van der Waals surface area (Å²) in [5.41, 5.74) is 0.954. The summed E-state index contributed by atoms with van der Waals surface area (Å²) in [6, 6.07) is 13.4. The highest BCUT2D eigenvalue weighted by atomic mass is 127. The van der Waals surface area contributed by atoms with E-state index in [0.29, 0.717) is 30.1 Å². The fourth-order valence-electron chi connectivity index (χ4n) is 2.42. The number of carbonyl (C=O) groups is 1. The molecule has 1 amide bonds. The molecule has 1 heterocycles. The van der Waals surface area contributed by atoms with E-state index in [9.17, 15) is 13.2 Å². The zero-order valence-electron chi connectivity index (χ0n) is 13.2. The van der Waals surface area contributed by atoms with Crippen molar-refractivity contribution in [1.82, 2.24) is 4.72 Å². The molecule has 130 valence electrons. The zero-order valence-corrected chi connectivity index (χ0v) is 16.2. The van der Waals surface area contributed by atoms with E-state index in [-0.39, 0.29) is 10.8 Å². The van der Waals surface area contributed by atoms with Crippen molar-refractivity contribution < 1.29 is 13.2 Å². The van der Waals surface area contributed by atoms with E-state index in [4.69, 9.17) is 0 Å². The quantitative estimate of drug-likeness (QED) is 0.676. The Labute approximate surface area is 159 Å². The second-order valence-electron chi connectivity index (χ2n) is 5.50. The molecule has 0 saturated carbocycles. The van der Waals surface area contributed by atoms with Gasteiger partial charge in [0.1, 0.15) is 5.84 Å². The molecule has 8 heteroatoms. The number of halogens is 1. The molecule has 0 radical (unpaired) electrons. The summed E-state index contributed by atoms with van der Waals surface area (Å²) in [6.07, 6.45) is 1.48. The Hall–Kier alpha value is -1.94. The van der Waals surface area contributed by atoms with Gasteiger partial charge >= 0.3 is 0 Å². The Kier molecular flexibility index (Phi) is 5.38. The fourth-order valence-corrected chi connectivity index (χ4v) is 4.19. The molecule has 2 aromatic carbocycles. The van der Waals surface area contributed by atoms with Gasteiger partial charge in [0.25, 0.3) is 15.9 Å². The van der Waals surface area contributed by atoms with Crippen molar-refractivity contribution in [1.29, 1.82) is 0 Å². The van der Waals surface area contributed by atoms with Gasteiger partial charge in [-0.05, 0) is 59.3 Å². The maximum atomic E-state index is 12.4. The Morgan fingerprint density at radius 2 is 1.92 bits per heavy atom. The van der Waals surface area contributed by atoms with Crippen LogP contribution in [0.4, 0.5) is 5.69 Å². The highest BCUT2D eigenvalue weighted by Gasteiger charge is 2.19. The first-order chi connectivity index (χ1) is 12.0. The number of hydrogen-bond donors (Lipinski definition) is 2. The van der Waals surface area contributed by atoms with Crippen molar-refractivity contribution in [3.63, 3.8) is 0 Å². The maximum Gasteiger partial charge on any atom is 0.262 e. The topological polar surface area (TPSA) is 87.6 Å². The molecule has 0 unspecified atom stereocenters. The average molecular weight is 469 g/mol. The van der Waals surface area contributed by atoms with Crippen LogP contribution in [0.3, 0.4) is 0 Å². The van der Waals surface area contributed by atoms with E-state index in [2.05, 4.69) is 37.6 Å². The highest BCUT2D eigenvalue weighted by Crippen LogP contribution is 2.18. The van der Waals surface area contributed by atoms with Crippen LogP contribution in [0.1, 0.15) is 23.2 Å². The van der Waals surface area contributed by atoms with Gasteiger partial charge < -0.3 is 5.32 Å². The Morgan fingerprint density at radius 3 is 2.64 bits per heavy atom. The molecule has 0 spiro atoms. The summed E-state index contributed by atoms with van der Waals surface area (Å²) in [7, 11) is -3.71. The van der Waals surface area contributed by atoms with Crippen LogP contribution in [0.15, 0.2) is 58.4 Å². The molecule has 0 fully saturated rings. The number of rotatable bonds is 4. The average Bonchev–Trinajstić information content (AvgIpc) is 3.07. The first-order valence-electron chi connectivity index (χ1n) is 7.68. The third-order valence-corrected chi connectivity index (χ3v) is 5.97. The third-order valence-electron chi connectivity index (χ3n) is 3.65. The standard InChI is InChI=1S/C17H16IN3O3S/c18-15-8-2-1-7-14(15)17(22)20-12-5-3-6-13(11-12)25(23,24)21-16-9-4-10-19-16/h1-3,5-8,11H,4,9-10H2,(H,19,21)(H,20,22). The van der Waals surface area contributed by atoms with E-state index < -0.39 is 10.0 Å². The predicted molar refractivity (Wildman–Crippen MR) is 105 cm³/mol.